The summed E-state index contributed by atoms with van der Waals surface area (Å²) in [6, 6.07) is 6.34. The first kappa shape index (κ1) is 22.1. The second kappa shape index (κ2) is 9.02. The number of carboxylic acids is 1. The van der Waals surface area contributed by atoms with Crippen LogP contribution in [-0.2, 0) is 0 Å². The van der Waals surface area contributed by atoms with Crippen LogP contribution >= 0.6 is 0 Å². The van der Waals surface area contributed by atoms with Crippen molar-refractivity contribution < 1.29 is 36.9 Å². The maximum absolute atomic E-state index is 13.9. The second-order valence-electron chi connectivity index (χ2n) is 6.44. The fourth-order valence-corrected chi connectivity index (χ4v) is 2.69. The van der Waals surface area contributed by atoms with E-state index in [1.807, 2.05) is 6.92 Å². The summed E-state index contributed by atoms with van der Waals surface area (Å²) < 4.78 is 62.3. The Morgan fingerprint density at radius 3 is 2.58 bits per heavy atom. The van der Waals surface area contributed by atoms with Gasteiger partial charge in [-0.3, -0.25) is 0 Å². The summed E-state index contributed by atoms with van der Waals surface area (Å²) in [6.45, 7) is 0.419. The number of aromatic nitrogens is 3. The van der Waals surface area contributed by atoms with E-state index in [1.165, 1.54) is 35.3 Å². The minimum absolute atomic E-state index is 0.183. The number of aromatic carboxylic acids is 1. The van der Waals surface area contributed by atoms with Crippen LogP contribution in [0.1, 0.15) is 35.4 Å². The molecular formula is C20H17F4N3O4. The molecule has 31 heavy (non-hydrogen) atoms. The number of halogens is 4. The van der Waals surface area contributed by atoms with E-state index in [2.05, 4.69) is 14.8 Å². The molecule has 11 heteroatoms. The Bertz CT molecular complexity index is 1050. The van der Waals surface area contributed by atoms with Crippen LogP contribution in [0.4, 0.5) is 17.6 Å². The maximum Gasteiger partial charge on any atom is 0.422 e. The predicted molar refractivity (Wildman–Crippen MR) is 99.9 cm³/mol. The summed E-state index contributed by atoms with van der Waals surface area (Å²) in [5, 5.41) is 13.1. The largest absolute Gasteiger partial charge is 0.484 e. The Labute approximate surface area is 173 Å². The molecule has 0 aliphatic carbocycles. The highest BCUT2D eigenvalue weighted by molar-refractivity contribution is 5.88. The molecule has 0 bridgehead atoms. The average Bonchev–Trinajstić information content (AvgIpc) is 3.20. The van der Waals surface area contributed by atoms with Gasteiger partial charge in [0.05, 0.1) is 23.6 Å². The second-order valence-corrected chi connectivity index (χ2v) is 6.44. The topological polar surface area (TPSA) is 86.5 Å². The molecule has 0 saturated heterocycles. The van der Waals surface area contributed by atoms with E-state index in [-0.39, 0.29) is 5.88 Å². The van der Waals surface area contributed by atoms with Gasteiger partial charge in [-0.05, 0) is 24.6 Å². The van der Waals surface area contributed by atoms with E-state index >= 15 is 0 Å². The van der Waals surface area contributed by atoms with Gasteiger partial charge >= 0.3 is 12.1 Å². The van der Waals surface area contributed by atoms with Crippen LogP contribution in [0.3, 0.4) is 0 Å². The molecule has 3 rings (SSSR count). The molecule has 7 nitrogen and oxygen atoms in total. The minimum atomic E-state index is -4.46. The number of ether oxygens (including phenoxy) is 2. The number of hydrogen-bond donors (Lipinski definition) is 1. The van der Waals surface area contributed by atoms with E-state index in [0.29, 0.717) is 23.4 Å². The number of pyridine rings is 1. The molecule has 0 radical (unpaired) electrons. The molecule has 0 saturated carbocycles. The van der Waals surface area contributed by atoms with Crippen molar-refractivity contribution in [2.75, 3.05) is 6.61 Å². The third kappa shape index (κ3) is 5.71. The molecule has 1 unspecified atom stereocenters. The molecule has 164 valence electrons. The minimum Gasteiger partial charge on any atom is -0.484 e. The molecule has 2 heterocycles. The molecule has 1 N–H and O–H groups in total. The van der Waals surface area contributed by atoms with Crippen LogP contribution in [0.25, 0.3) is 5.69 Å². The van der Waals surface area contributed by atoms with Gasteiger partial charge in [-0.2, -0.15) is 18.3 Å². The lowest BCUT2D eigenvalue weighted by Crippen LogP contribution is -2.19. The van der Waals surface area contributed by atoms with Crippen molar-refractivity contribution in [1.82, 2.24) is 14.8 Å². The summed E-state index contributed by atoms with van der Waals surface area (Å²) in [7, 11) is 0. The fourth-order valence-electron chi connectivity index (χ4n) is 2.69. The first-order chi connectivity index (χ1) is 14.7. The average molecular weight is 439 g/mol. The monoisotopic (exact) mass is 439 g/mol. The molecular weight excluding hydrogens is 422 g/mol. The van der Waals surface area contributed by atoms with E-state index in [9.17, 15) is 22.4 Å². The van der Waals surface area contributed by atoms with Crippen LogP contribution in [0.2, 0.25) is 0 Å². The molecule has 0 amide bonds. The SMILES string of the molecule is CCC(Oc1ccc(OCC(F)(F)F)nc1)c1cnn(-c2ccc(C(=O)O)c(F)c2)c1. The zero-order valence-electron chi connectivity index (χ0n) is 16.1. The Balaban J connectivity index is 1.70. The zero-order chi connectivity index (χ0) is 22.6. The van der Waals surface area contributed by atoms with Gasteiger partial charge in [0.25, 0.3) is 0 Å². The highest BCUT2D eigenvalue weighted by Crippen LogP contribution is 2.26. The summed E-state index contributed by atoms with van der Waals surface area (Å²) in [6.07, 6.45) is -0.00602. The van der Waals surface area contributed by atoms with Gasteiger partial charge in [0.15, 0.2) is 6.61 Å². The Morgan fingerprint density at radius 1 is 1.23 bits per heavy atom. The van der Waals surface area contributed by atoms with Crippen molar-refractivity contribution >= 4 is 5.97 Å². The number of benzene rings is 1. The summed E-state index contributed by atoms with van der Waals surface area (Å²) in [4.78, 5) is 14.7. The van der Waals surface area contributed by atoms with Crippen LogP contribution < -0.4 is 9.47 Å². The quantitative estimate of drug-likeness (QED) is 0.518. The van der Waals surface area contributed by atoms with Gasteiger partial charge in [0, 0.05) is 23.9 Å². The van der Waals surface area contributed by atoms with Gasteiger partial charge in [-0.15, -0.1) is 0 Å². The highest BCUT2D eigenvalue weighted by Gasteiger charge is 2.28. The first-order valence-corrected chi connectivity index (χ1v) is 9.06. The first-order valence-electron chi connectivity index (χ1n) is 9.06. The Kier molecular flexibility index (Phi) is 6.42. The normalized spacial score (nSPS) is 12.4. The molecule has 0 aliphatic rings. The third-order valence-electron chi connectivity index (χ3n) is 4.16. The van der Waals surface area contributed by atoms with Gasteiger partial charge in [0.1, 0.15) is 17.7 Å². The predicted octanol–water partition coefficient (Wildman–Crippen LogP) is 4.58. The molecule has 0 fully saturated rings. The lowest BCUT2D eigenvalue weighted by molar-refractivity contribution is -0.154. The van der Waals surface area contributed by atoms with Crippen molar-refractivity contribution in [3.05, 3.63) is 65.9 Å². The molecule has 1 atom stereocenters. The van der Waals surface area contributed by atoms with Crippen molar-refractivity contribution in [1.29, 1.82) is 0 Å². The number of rotatable bonds is 8. The third-order valence-corrected chi connectivity index (χ3v) is 4.16. The number of hydrogen-bond acceptors (Lipinski definition) is 5. The van der Waals surface area contributed by atoms with E-state index in [1.54, 1.807) is 6.20 Å². The van der Waals surface area contributed by atoms with Crippen molar-refractivity contribution in [3.8, 4) is 17.3 Å². The summed E-state index contributed by atoms with van der Waals surface area (Å²) in [5.74, 6) is -2.12. The van der Waals surface area contributed by atoms with Crippen LogP contribution in [0.5, 0.6) is 11.6 Å². The maximum atomic E-state index is 13.9. The zero-order valence-corrected chi connectivity index (χ0v) is 16.1. The van der Waals surface area contributed by atoms with Gasteiger partial charge in [-0.1, -0.05) is 6.92 Å². The van der Waals surface area contributed by atoms with Crippen LogP contribution in [-0.4, -0.2) is 38.6 Å². The molecule has 2 aromatic heterocycles. The molecule has 0 aliphatic heterocycles. The Hall–Kier alpha value is -3.63. The van der Waals surface area contributed by atoms with E-state index < -0.39 is 36.2 Å². The fraction of sp³-hybridized carbons (Fsp3) is 0.250. The molecule has 1 aromatic carbocycles. The Morgan fingerprint density at radius 2 is 2.00 bits per heavy atom. The van der Waals surface area contributed by atoms with Crippen LogP contribution in [0.15, 0.2) is 48.9 Å². The van der Waals surface area contributed by atoms with Crippen molar-refractivity contribution in [3.63, 3.8) is 0 Å². The number of carbonyl (C=O) groups is 1. The lowest BCUT2D eigenvalue weighted by Gasteiger charge is -2.16. The number of alkyl halides is 3. The van der Waals surface area contributed by atoms with Crippen molar-refractivity contribution in [2.45, 2.75) is 25.6 Å². The highest BCUT2D eigenvalue weighted by atomic mass is 19.4. The van der Waals surface area contributed by atoms with E-state index in [4.69, 9.17) is 9.84 Å². The van der Waals surface area contributed by atoms with Gasteiger partial charge < -0.3 is 14.6 Å². The molecule has 0 spiro atoms. The number of nitrogens with zero attached hydrogens (tertiary/aromatic N) is 3. The lowest BCUT2D eigenvalue weighted by atomic mass is 10.1. The summed E-state index contributed by atoms with van der Waals surface area (Å²) in [5.41, 5.74) is 0.542. The van der Waals surface area contributed by atoms with Crippen molar-refractivity contribution in [2.24, 2.45) is 0 Å². The molecule has 3 aromatic rings. The van der Waals surface area contributed by atoms with Gasteiger partial charge in [-0.25, -0.2) is 18.9 Å². The van der Waals surface area contributed by atoms with Gasteiger partial charge in [0.2, 0.25) is 5.88 Å². The summed E-state index contributed by atoms with van der Waals surface area (Å²) >= 11 is 0. The standard InChI is InChI=1S/C20H17F4N3O4/c1-2-17(31-14-4-6-18(25-9-14)30-11-20(22,23)24)12-8-26-27(10-12)13-3-5-15(19(28)29)16(21)7-13/h3-10,17H,2,11H2,1H3,(H,28,29). The van der Waals surface area contributed by atoms with Crippen LogP contribution in [0, 0.1) is 5.82 Å². The van der Waals surface area contributed by atoms with E-state index in [0.717, 1.165) is 12.1 Å². The number of carboxylic acid groups (broad SMARTS) is 1. The smallest absolute Gasteiger partial charge is 0.422 e.